The summed E-state index contributed by atoms with van der Waals surface area (Å²) in [5.74, 6) is -0.319. The van der Waals surface area contributed by atoms with Gasteiger partial charge in [-0.05, 0) is 6.92 Å². The first kappa shape index (κ1) is 6.40. The Bertz CT molecular complexity index is 72.1. The molecule has 0 bridgehead atoms. The second-order valence-corrected chi connectivity index (χ2v) is 1.18. The van der Waals surface area contributed by atoms with Gasteiger partial charge >= 0.3 is 0 Å². The predicted molar refractivity (Wildman–Crippen MR) is 25.3 cm³/mol. The summed E-state index contributed by atoms with van der Waals surface area (Å²) in [4.78, 5) is 0. The lowest BCUT2D eigenvalue weighted by Gasteiger charge is -1.99. The fourth-order valence-corrected chi connectivity index (χ4v) is 0.162. The molecule has 0 aromatic carbocycles. The van der Waals surface area contributed by atoms with Crippen molar-refractivity contribution in [2.24, 2.45) is 0 Å². The monoisotopic (exact) mass is 105 g/mol. The molecule has 0 aliphatic heterocycles. The van der Waals surface area contributed by atoms with Crippen LogP contribution in [-0.4, -0.2) is 19.2 Å². The van der Waals surface area contributed by atoms with E-state index in [9.17, 15) is 4.39 Å². The fourth-order valence-electron chi connectivity index (χ4n) is 0.162. The molecule has 0 saturated heterocycles. The van der Waals surface area contributed by atoms with Crippen molar-refractivity contribution in [2.75, 3.05) is 7.11 Å². The van der Waals surface area contributed by atoms with Crippen molar-refractivity contribution in [3.63, 3.8) is 0 Å². The fraction of sp³-hybridized carbons (Fsp3) is 0.750. The summed E-state index contributed by atoms with van der Waals surface area (Å²) in [7, 11) is 1.28. The molecule has 1 atom stereocenters. The number of hydrogen-bond donors (Lipinski definition) is 1. The molecule has 42 valence electrons. The summed E-state index contributed by atoms with van der Waals surface area (Å²) >= 11 is 0. The molecular weight excluding hydrogens is 97.0 g/mol. The van der Waals surface area contributed by atoms with Crippen LogP contribution in [0.2, 0.25) is 0 Å². The van der Waals surface area contributed by atoms with E-state index in [1.807, 2.05) is 0 Å². The number of hydrogen-bond acceptors (Lipinski definition) is 2. The van der Waals surface area contributed by atoms with Crippen LogP contribution in [0.4, 0.5) is 4.39 Å². The first-order chi connectivity index (χ1) is 3.18. The van der Waals surface area contributed by atoms with Gasteiger partial charge in [-0.1, -0.05) is 0 Å². The predicted octanol–water partition coefficient (Wildman–Crippen LogP) is 0.968. The minimum absolute atomic E-state index is 0.319. The zero-order chi connectivity index (χ0) is 5.86. The Morgan fingerprint density at radius 3 is 2.29 bits per heavy atom. The Balaban J connectivity index is 3.35. The van der Waals surface area contributed by atoms with Crippen molar-refractivity contribution in [3.05, 3.63) is 0 Å². The van der Waals surface area contributed by atoms with Gasteiger partial charge in [0.1, 0.15) is 0 Å². The summed E-state index contributed by atoms with van der Waals surface area (Å²) < 4.78 is 16.0. The van der Waals surface area contributed by atoms with Crippen LogP contribution in [0.15, 0.2) is 0 Å². The Morgan fingerprint density at radius 2 is 2.29 bits per heavy atom. The summed E-state index contributed by atoms with van der Waals surface area (Å²) in [6, 6.07) is 0. The summed E-state index contributed by atoms with van der Waals surface area (Å²) in [5.41, 5.74) is 0. The molecule has 0 rings (SSSR count). The lowest BCUT2D eigenvalue weighted by molar-refractivity contribution is 0.323. The lowest BCUT2D eigenvalue weighted by Crippen LogP contribution is -2.11. The van der Waals surface area contributed by atoms with Crippen LogP contribution in [0, 0.1) is 5.41 Å². The average molecular weight is 105 g/mol. The minimum Gasteiger partial charge on any atom is -0.482 e. The van der Waals surface area contributed by atoms with Crippen LogP contribution in [-0.2, 0) is 4.74 Å². The normalized spacial score (nSPS) is 13.0. The highest BCUT2D eigenvalue weighted by atomic mass is 19.1. The highest BCUT2D eigenvalue weighted by molar-refractivity contribution is 5.76. The molecule has 0 saturated carbocycles. The van der Waals surface area contributed by atoms with Gasteiger partial charge in [0.05, 0.1) is 7.11 Å². The second kappa shape index (κ2) is 2.55. The zero-order valence-corrected chi connectivity index (χ0v) is 4.36. The molecular formula is C4H8FNO. The Kier molecular flexibility index (Phi) is 2.33. The molecule has 0 aromatic heterocycles. The molecule has 0 radical (unpaired) electrons. The third-order valence-electron chi connectivity index (χ3n) is 0.581. The highest BCUT2D eigenvalue weighted by Gasteiger charge is 2.03. The third-order valence-corrected chi connectivity index (χ3v) is 0.581. The van der Waals surface area contributed by atoms with Gasteiger partial charge in [0.15, 0.2) is 6.17 Å². The van der Waals surface area contributed by atoms with Gasteiger partial charge in [0.2, 0.25) is 5.90 Å². The van der Waals surface area contributed by atoms with Crippen LogP contribution in [0.25, 0.3) is 0 Å². The smallest absolute Gasteiger partial charge is 0.215 e. The second-order valence-electron chi connectivity index (χ2n) is 1.18. The van der Waals surface area contributed by atoms with E-state index in [0.29, 0.717) is 0 Å². The first-order valence-electron chi connectivity index (χ1n) is 1.95. The Hall–Kier alpha value is -0.600. The molecule has 7 heavy (non-hydrogen) atoms. The van der Waals surface area contributed by atoms with Gasteiger partial charge in [-0.3, -0.25) is 5.41 Å². The van der Waals surface area contributed by atoms with Crippen LogP contribution >= 0.6 is 0 Å². The van der Waals surface area contributed by atoms with Crippen LogP contribution in [0.3, 0.4) is 0 Å². The zero-order valence-electron chi connectivity index (χ0n) is 4.36. The minimum atomic E-state index is -1.27. The first-order valence-corrected chi connectivity index (χ1v) is 1.95. The van der Waals surface area contributed by atoms with E-state index in [-0.39, 0.29) is 5.90 Å². The van der Waals surface area contributed by atoms with Crippen molar-refractivity contribution in [1.82, 2.24) is 0 Å². The number of ether oxygens (including phenoxy) is 1. The van der Waals surface area contributed by atoms with E-state index in [1.165, 1.54) is 14.0 Å². The maximum absolute atomic E-state index is 11.7. The van der Waals surface area contributed by atoms with Crippen molar-refractivity contribution >= 4 is 5.90 Å². The van der Waals surface area contributed by atoms with Gasteiger partial charge in [-0.25, -0.2) is 4.39 Å². The van der Waals surface area contributed by atoms with Gasteiger partial charge in [0.25, 0.3) is 0 Å². The molecule has 0 fully saturated rings. The van der Waals surface area contributed by atoms with E-state index < -0.39 is 6.17 Å². The van der Waals surface area contributed by atoms with E-state index in [1.54, 1.807) is 0 Å². The number of rotatable bonds is 1. The molecule has 0 amide bonds. The summed E-state index contributed by atoms with van der Waals surface area (Å²) in [5, 5.41) is 6.59. The molecule has 0 spiro atoms. The largest absolute Gasteiger partial charge is 0.482 e. The Morgan fingerprint density at radius 1 is 1.86 bits per heavy atom. The van der Waals surface area contributed by atoms with Gasteiger partial charge < -0.3 is 4.74 Å². The van der Waals surface area contributed by atoms with E-state index in [2.05, 4.69) is 4.74 Å². The topological polar surface area (TPSA) is 33.1 Å². The summed E-state index contributed by atoms with van der Waals surface area (Å²) in [6.45, 7) is 1.26. The average Bonchev–Trinajstić information content (AvgIpc) is 1.65. The summed E-state index contributed by atoms with van der Waals surface area (Å²) in [6.07, 6.45) is -1.27. The number of nitrogens with one attached hydrogen (secondary N) is 1. The molecule has 3 heteroatoms. The number of halogens is 1. The van der Waals surface area contributed by atoms with Crippen molar-refractivity contribution in [1.29, 1.82) is 5.41 Å². The van der Waals surface area contributed by atoms with Crippen molar-refractivity contribution in [2.45, 2.75) is 13.1 Å². The lowest BCUT2D eigenvalue weighted by atomic mass is 10.4. The quantitative estimate of drug-likeness (QED) is 0.391. The van der Waals surface area contributed by atoms with Gasteiger partial charge in [-0.2, -0.15) is 0 Å². The SMILES string of the molecule is COC(=N)[C@H](C)F. The molecule has 0 heterocycles. The molecule has 1 N–H and O–H groups in total. The maximum atomic E-state index is 11.7. The molecule has 0 unspecified atom stereocenters. The molecule has 2 nitrogen and oxygen atoms in total. The van der Waals surface area contributed by atoms with Crippen molar-refractivity contribution < 1.29 is 9.13 Å². The van der Waals surface area contributed by atoms with E-state index >= 15 is 0 Å². The van der Waals surface area contributed by atoms with Crippen LogP contribution < -0.4 is 0 Å². The standard InChI is InChI=1S/C4H8FNO/c1-3(5)4(6)7-2/h3,6H,1-2H3/t3-/m0/s1. The third kappa shape index (κ3) is 2.14. The maximum Gasteiger partial charge on any atom is 0.215 e. The Labute approximate surface area is 41.8 Å². The number of methoxy groups -OCH3 is 1. The van der Waals surface area contributed by atoms with Crippen LogP contribution in [0.5, 0.6) is 0 Å². The molecule has 0 aliphatic carbocycles. The van der Waals surface area contributed by atoms with E-state index in [0.717, 1.165) is 0 Å². The van der Waals surface area contributed by atoms with Gasteiger partial charge in [-0.15, -0.1) is 0 Å². The van der Waals surface area contributed by atoms with E-state index in [4.69, 9.17) is 5.41 Å². The molecule has 0 aliphatic rings. The van der Waals surface area contributed by atoms with Crippen molar-refractivity contribution in [3.8, 4) is 0 Å². The van der Waals surface area contributed by atoms with Crippen LogP contribution in [0.1, 0.15) is 6.92 Å². The number of alkyl halides is 1. The molecule has 0 aromatic rings. The van der Waals surface area contributed by atoms with Gasteiger partial charge in [0, 0.05) is 0 Å². The highest BCUT2D eigenvalue weighted by Crippen LogP contribution is 1.89.